The van der Waals surface area contributed by atoms with Crippen LogP contribution < -0.4 is 4.74 Å². The van der Waals surface area contributed by atoms with Gasteiger partial charge in [-0.1, -0.05) is 12.1 Å². The molecule has 0 saturated heterocycles. The number of methoxy groups -OCH3 is 1. The van der Waals surface area contributed by atoms with Crippen LogP contribution in [-0.4, -0.2) is 18.2 Å². The lowest BCUT2D eigenvalue weighted by Gasteiger charge is -2.15. The van der Waals surface area contributed by atoms with E-state index in [0.29, 0.717) is 6.42 Å². The molecule has 0 aliphatic carbocycles. The first-order valence-electron chi connectivity index (χ1n) is 6.01. The molecule has 2 rings (SSSR count). The van der Waals surface area contributed by atoms with Gasteiger partial charge in [-0.05, 0) is 48.1 Å². The summed E-state index contributed by atoms with van der Waals surface area (Å²) in [5.41, 5.74) is 1.80. The van der Waals surface area contributed by atoms with Crippen molar-refractivity contribution in [2.24, 2.45) is 0 Å². The summed E-state index contributed by atoms with van der Waals surface area (Å²) in [7, 11) is 1.61. The van der Waals surface area contributed by atoms with Crippen molar-refractivity contribution in [2.75, 3.05) is 7.11 Å². The zero-order chi connectivity index (χ0) is 13.8. The molecule has 1 aromatic heterocycles. The number of carboxylic acids is 1. The number of rotatable bonds is 5. The van der Waals surface area contributed by atoms with Gasteiger partial charge >= 0.3 is 5.97 Å². The Kier molecular flexibility index (Phi) is 4.22. The average molecular weight is 276 g/mol. The highest BCUT2D eigenvalue weighted by atomic mass is 32.1. The highest BCUT2D eigenvalue weighted by Crippen LogP contribution is 2.28. The maximum atomic E-state index is 11.5. The SMILES string of the molecule is COc1ccc(C(Cc2cccs2)C(=O)O)c(C)c1. The number of aliphatic carboxylic acids is 1. The van der Waals surface area contributed by atoms with Crippen molar-refractivity contribution in [1.29, 1.82) is 0 Å². The summed E-state index contributed by atoms with van der Waals surface area (Å²) in [4.78, 5) is 12.6. The fourth-order valence-corrected chi connectivity index (χ4v) is 2.88. The maximum absolute atomic E-state index is 11.5. The largest absolute Gasteiger partial charge is 0.497 e. The molecule has 4 heteroatoms. The lowest BCUT2D eigenvalue weighted by molar-refractivity contribution is -0.138. The molecule has 0 saturated carbocycles. The summed E-state index contributed by atoms with van der Waals surface area (Å²) in [6.07, 6.45) is 0.528. The number of thiophene rings is 1. The van der Waals surface area contributed by atoms with Crippen LogP contribution in [0.4, 0.5) is 0 Å². The summed E-state index contributed by atoms with van der Waals surface area (Å²) in [6, 6.07) is 9.45. The van der Waals surface area contributed by atoms with Gasteiger partial charge in [-0.3, -0.25) is 4.79 Å². The molecule has 19 heavy (non-hydrogen) atoms. The van der Waals surface area contributed by atoms with Gasteiger partial charge in [-0.15, -0.1) is 11.3 Å². The van der Waals surface area contributed by atoms with Crippen molar-refractivity contribution in [3.05, 3.63) is 51.7 Å². The highest BCUT2D eigenvalue weighted by molar-refractivity contribution is 7.09. The Labute approximate surface area is 116 Å². The number of ether oxygens (including phenoxy) is 1. The van der Waals surface area contributed by atoms with Crippen LogP contribution in [0.25, 0.3) is 0 Å². The van der Waals surface area contributed by atoms with E-state index in [4.69, 9.17) is 4.74 Å². The van der Waals surface area contributed by atoms with Gasteiger partial charge in [0.05, 0.1) is 13.0 Å². The molecular formula is C15H16O3S. The number of carbonyl (C=O) groups is 1. The molecule has 1 atom stereocenters. The third-order valence-corrected chi connectivity index (χ3v) is 4.03. The lowest BCUT2D eigenvalue weighted by atomic mass is 9.91. The first-order valence-corrected chi connectivity index (χ1v) is 6.89. The molecule has 2 aromatic rings. The second-order valence-electron chi connectivity index (χ2n) is 4.40. The van der Waals surface area contributed by atoms with Gasteiger partial charge < -0.3 is 9.84 Å². The maximum Gasteiger partial charge on any atom is 0.311 e. The van der Waals surface area contributed by atoms with Crippen molar-refractivity contribution in [3.63, 3.8) is 0 Å². The van der Waals surface area contributed by atoms with Crippen LogP contribution in [0.2, 0.25) is 0 Å². The van der Waals surface area contributed by atoms with E-state index in [9.17, 15) is 9.90 Å². The number of benzene rings is 1. The first kappa shape index (κ1) is 13.6. The molecule has 0 fully saturated rings. The summed E-state index contributed by atoms with van der Waals surface area (Å²) in [5, 5.41) is 11.4. The van der Waals surface area contributed by atoms with E-state index in [1.54, 1.807) is 18.4 Å². The molecular weight excluding hydrogens is 260 g/mol. The first-order chi connectivity index (χ1) is 9.11. The molecule has 1 heterocycles. The fourth-order valence-electron chi connectivity index (χ4n) is 2.13. The van der Waals surface area contributed by atoms with E-state index in [1.165, 1.54) is 0 Å². The molecule has 3 nitrogen and oxygen atoms in total. The van der Waals surface area contributed by atoms with E-state index < -0.39 is 11.9 Å². The molecule has 1 unspecified atom stereocenters. The second kappa shape index (κ2) is 5.89. The minimum atomic E-state index is -0.790. The lowest BCUT2D eigenvalue weighted by Crippen LogP contribution is -2.15. The van der Waals surface area contributed by atoms with Gasteiger partial charge in [-0.25, -0.2) is 0 Å². The van der Waals surface area contributed by atoms with Crippen LogP contribution >= 0.6 is 11.3 Å². The normalized spacial score (nSPS) is 12.1. The predicted molar refractivity (Wildman–Crippen MR) is 76.1 cm³/mol. The monoisotopic (exact) mass is 276 g/mol. The number of hydrogen-bond donors (Lipinski definition) is 1. The Bertz CT molecular complexity index is 561. The smallest absolute Gasteiger partial charge is 0.311 e. The van der Waals surface area contributed by atoms with Crippen molar-refractivity contribution < 1.29 is 14.6 Å². The molecule has 1 N–H and O–H groups in total. The van der Waals surface area contributed by atoms with E-state index in [1.807, 2.05) is 42.6 Å². The Balaban J connectivity index is 2.31. The van der Waals surface area contributed by atoms with Crippen molar-refractivity contribution in [3.8, 4) is 5.75 Å². The molecule has 0 aliphatic heterocycles. The zero-order valence-electron chi connectivity index (χ0n) is 10.9. The van der Waals surface area contributed by atoms with Gasteiger partial charge in [0.1, 0.15) is 5.75 Å². The van der Waals surface area contributed by atoms with Gasteiger partial charge in [0.25, 0.3) is 0 Å². The van der Waals surface area contributed by atoms with Crippen molar-refractivity contribution in [2.45, 2.75) is 19.3 Å². The topological polar surface area (TPSA) is 46.5 Å². The van der Waals surface area contributed by atoms with E-state index in [0.717, 1.165) is 21.8 Å². The average Bonchev–Trinajstić information content (AvgIpc) is 2.89. The Morgan fingerprint density at radius 1 is 1.42 bits per heavy atom. The Morgan fingerprint density at radius 2 is 2.21 bits per heavy atom. The van der Waals surface area contributed by atoms with E-state index in [-0.39, 0.29) is 0 Å². The molecule has 1 aromatic carbocycles. The summed E-state index contributed by atoms with van der Waals surface area (Å²) in [5.74, 6) is -0.548. The number of carboxylic acid groups (broad SMARTS) is 1. The molecule has 0 bridgehead atoms. The quantitative estimate of drug-likeness (QED) is 0.909. The highest BCUT2D eigenvalue weighted by Gasteiger charge is 2.22. The van der Waals surface area contributed by atoms with Crippen molar-refractivity contribution >= 4 is 17.3 Å². The standard InChI is InChI=1S/C15H16O3S/c1-10-8-11(18-2)5-6-13(10)14(15(16)17)9-12-4-3-7-19-12/h3-8,14H,9H2,1-2H3,(H,16,17). The molecule has 100 valence electrons. The molecule has 0 aliphatic rings. The van der Waals surface area contributed by atoms with Crippen LogP contribution in [0.5, 0.6) is 5.75 Å². The Hall–Kier alpha value is -1.81. The fraction of sp³-hybridized carbons (Fsp3) is 0.267. The van der Waals surface area contributed by atoms with Crippen LogP contribution in [0.1, 0.15) is 21.9 Å². The zero-order valence-corrected chi connectivity index (χ0v) is 11.7. The van der Waals surface area contributed by atoms with Gasteiger partial charge in [0, 0.05) is 4.88 Å². The van der Waals surface area contributed by atoms with Crippen LogP contribution in [0.3, 0.4) is 0 Å². The molecule has 0 spiro atoms. The van der Waals surface area contributed by atoms with Gasteiger partial charge in [0.2, 0.25) is 0 Å². The molecule has 0 radical (unpaired) electrons. The van der Waals surface area contributed by atoms with Crippen LogP contribution in [0, 0.1) is 6.92 Å². The van der Waals surface area contributed by atoms with Gasteiger partial charge in [0.15, 0.2) is 0 Å². The number of hydrogen-bond acceptors (Lipinski definition) is 3. The number of aryl methyl sites for hydroxylation is 1. The molecule has 0 amide bonds. The van der Waals surface area contributed by atoms with E-state index >= 15 is 0 Å². The minimum Gasteiger partial charge on any atom is -0.497 e. The van der Waals surface area contributed by atoms with Crippen LogP contribution in [0.15, 0.2) is 35.7 Å². The Morgan fingerprint density at radius 3 is 2.74 bits per heavy atom. The van der Waals surface area contributed by atoms with Gasteiger partial charge in [-0.2, -0.15) is 0 Å². The summed E-state index contributed by atoms with van der Waals surface area (Å²) in [6.45, 7) is 1.92. The third-order valence-electron chi connectivity index (χ3n) is 3.14. The third kappa shape index (κ3) is 3.15. The summed E-state index contributed by atoms with van der Waals surface area (Å²) < 4.78 is 5.15. The minimum absolute atomic E-state index is 0.510. The van der Waals surface area contributed by atoms with Crippen LogP contribution in [-0.2, 0) is 11.2 Å². The summed E-state index contributed by atoms with van der Waals surface area (Å²) >= 11 is 1.59. The van der Waals surface area contributed by atoms with E-state index in [2.05, 4.69) is 0 Å². The van der Waals surface area contributed by atoms with Crippen molar-refractivity contribution in [1.82, 2.24) is 0 Å². The predicted octanol–water partition coefficient (Wildman–Crippen LogP) is 3.48. The second-order valence-corrected chi connectivity index (χ2v) is 5.43.